The smallest absolute Gasteiger partial charge is 0.312 e. The molecule has 1 spiro atoms. The van der Waals surface area contributed by atoms with E-state index < -0.39 is 35.6 Å². The Morgan fingerprint density at radius 1 is 1.34 bits per heavy atom. The minimum atomic E-state index is -1.06. The van der Waals surface area contributed by atoms with Crippen molar-refractivity contribution in [3.05, 3.63) is 25.3 Å². The summed E-state index contributed by atoms with van der Waals surface area (Å²) in [5, 5.41) is 9.63. The van der Waals surface area contributed by atoms with E-state index in [1.165, 1.54) is 4.90 Å². The molecule has 3 rings (SSSR count). The third kappa shape index (κ3) is 4.22. The lowest BCUT2D eigenvalue weighted by molar-refractivity contribution is -0.155. The third-order valence-electron chi connectivity index (χ3n) is 6.91. The lowest BCUT2D eigenvalue weighted by Gasteiger charge is -2.36. The Morgan fingerprint density at radius 2 is 2.12 bits per heavy atom. The van der Waals surface area contributed by atoms with Gasteiger partial charge in [-0.1, -0.05) is 31.9 Å². The van der Waals surface area contributed by atoms with Gasteiger partial charge in [0.1, 0.15) is 11.6 Å². The first-order valence-electron chi connectivity index (χ1n) is 11.7. The predicted octanol–water partition coefficient (Wildman–Crippen LogP) is 1.68. The van der Waals surface area contributed by atoms with Crippen LogP contribution < -0.4 is 0 Å². The number of rotatable bonds is 13. The van der Waals surface area contributed by atoms with Crippen molar-refractivity contribution >= 4 is 17.8 Å². The number of nitrogens with zero attached hydrogens (tertiary/aromatic N) is 2. The Morgan fingerprint density at radius 3 is 2.78 bits per heavy atom. The summed E-state index contributed by atoms with van der Waals surface area (Å²) >= 11 is 0. The van der Waals surface area contributed by atoms with E-state index in [4.69, 9.17) is 9.47 Å². The maximum absolute atomic E-state index is 13.8. The molecule has 3 fully saturated rings. The summed E-state index contributed by atoms with van der Waals surface area (Å²) in [5.41, 5.74) is -1.06. The first kappa shape index (κ1) is 24.5. The summed E-state index contributed by atoms with van der Waals surface area (Å²) in [7, 11) is 0. The van der Waals surface area contributed by atoms with Crippen LogP contribution in [0.3, 0.4) is 0 Å². The quantitative estimate of drug-likeness (QED) is 0.262. The fourth-order valence-electron chi connectivity index (χ4n) is 5.56. The van der Waals surface area contributed by atoms with Crippen molar-refractivity contribution in [3.8, 4) is 0 Å². The van der Waals surface area contributed by atoms with E-state index in [-0.39, 0.29) is 31.6 Å². The zero-order valence-electron chi connectivity index (χ0n) is 19.0. The van der Waals surface area contributed by atoms with E-state index in [2.05, 4.69) is 20.1 Å². The van der Waals surface area contributed by atoms with Gasteiger partial charge in [0.05, 0.1) is 31.2 Å². The minimum Gasteiger partial charge on any atom is -0.465 e. The topological polar surface area (TPSA) is 96.4 Å². The van der Waals surface area contributed by atoms with E-state index in [0.717, 1.165) is 19.3 Å². The maximum Gasteiger partial charge on any atom is 0.312 e. The number of amides is 2. The van der Waals surface area contributed by atoms with Gasteiger partial charge in [-0.3, -0.25) is 14.4 Å². The molecule has 0 aromatic carbocycles. The molecule has 0 aromatic rings. The zero-order valence-corrected chi connectivity index (χ0v) is 19.0. The fourth-order valence-corrected chi connectivity index (χ4v) is 5.56. The summed E-state index contributed by atoms with van der Waals surface area (Å²) in [6, 6.07) is -0.857. The van der Waals surface area contributed by atoms with Crippen molar-refractivity contribution in [2.24, 2.45) is 11.8 Å². The van der Waals surface area contributed by atoms with E-state index in [1.54, 1.807) is 17.1 Å². The third-order valence-corrected chi connectivity index (χ3v) is 6.91. The lowest BCUT2D eigenvalue weighted by atomic mass is 9.70. The molecule has 0 radical (unpaired) electrons. The normalized spacial score (nSPS) is 30.3. The predicted molar refractivity (Wildman–Crippen MR) is 118 cm³/mol. The first-order valence-corrected chi connectivity index (χ1v) is 11.7. The summed E-state index contributed by atoms with van der Waals surface area (Å²) < 4.78 is 11.7. The molecule has 0 aliphatic carbocycles. The average Bonchev–Trinajstić information content (AvgIpc) is 3.41. The maximum atomic E-state index is 13.8. The first-order chi connectivity index (χ1) is 15.5. The van der Waals surface area contributed by atoms with Crippen molar-refractivity contribution in [3.63, 3.8) is 0 Å². The molecule has 2 unspecified atom stereocenters. The molecule has 2 bridgehead atoms. The molecule has 3 saturated heterocycles. The molecule has 32 heavy (non-hydrogen) atoms. The minimum absolute atomic E-state index is 0.0244. The molecule has 0 saturated carbocycles. The van der Waals surface area contributed by atoms with Crippen LogP contribution in [0.4, 0.5) is 0 Å². The highest BCUT2D eigenvalue weighted by Gasteiger charge is 2.75. The van der Waals surface area contributed by atoms with Crippen LogP contribution in [-0.2, 0) is 23.9 Å². The van der Waals surface area contributed by atoms with Crippen LogP contribution in [0, 0.1) is 11.8 Å². The highest BCUT2D eigenvalue weighted by Crippen LogP contribution is 2.58. The molecule has 3 heterocycles. The molecule has 3 aliphatic heterocycles. The number of esters is 1. The Balaban J connectivity index is 1.90. The molecule has 1 N–H and O–H groups in total. The van der Waals surface area contributed by atoms with Crippen molar-refractivity contribution in [1.29, 1.82) is 0 Å². The zero-order chi connectivity index (χ0) is 23.3. The summed E-state index contributed by atoms with van der Waals surface area (Å²) in [6.07, 6.45) is 7.44. The molecule has 3 aliphatic rings. The molecule has 5 atom stereocenters. The number of hydrogen-bond donors (Lipinski definition) is 1. The number of β-amino-alcohol motifs (C(OH)–C–C–N with tert-alkyl or cyclic N) is 1. The number of fused-ring (bicyclic) bond motifs is 1. The van der Waals surface area contributed by atoms with Gasteiger partial charge in [0, 0.05) is 19.6 Å². The van der Waals surface area contributed by atoms with Crippen LogP contribution in [-0.4, -0.2) is 83.3 Å². The SMILES string of the molecule is C=CCCOC(=O)[C@@H]1[C@@H]2CCC3(O2)C(C(=O)N(CC=C)CCCCC)N(CCO)C(=O)[C@H]13. The van der Waals surface area contributed by atoms with Gasteiger partial charge in [0.25, 0.3) is 0 Å². The number of hydrogen-bond acceptors (Lipinski definition) is 6. The second-order valence-corrected chi connectivity index (χ2v) is 8.84. The van der Waals surface area contributed by atoms with Crippen LogP contribution in [0.2, 0.25) is 0 Å². The second kappa shape index (κ2) is 10.6. The largest absolute Gasteiger partial charge is 0.465 e. The number of likely N-dealkylation sites (tertiary alicyclic amines) is 1. The van der Waals surface area contributed by atoms with Crippen molar-refractivity contribution < 1.29 is 29.0 Å². The van der Waals surface area contributed by atoms with Crippen molar-refractivity contribution in [2.75, 3.05) is 32.8 Å². The summed E-state index contributed by atoms with van der Waals surface area (Å²) in [5.74, 6) is -2.46. The van der Waals surface area contributed by atoms with Gasteiger partial charge < -0.3 is 24.4 Å². The Bertz CT molecular complexity index is 740. The number of aliphatic hydroxyl groups excluding tert-OH is 1. The standard InChI is InChI=1S/C24H36N2O6/c1-4-7-9-13-25(12-6-3)22(29)20-24-11-10-17(32-24)18(23(30)31-16-8-5-2)19(24)21(28)26(20)14-15-27/h5-6,17-20,27H,2-4,7-16H2,1H3/t17-,18+,19-,20?,24?/m0/s1. The fraction of sp³-hybridized carbons (Fsp3) is 0.708. The Kier molecular flexibility index (Phi) is 8.11. The van der Waals surface area contributed by atoms with Gasteiger partial charge in [-0.15, -0.1) is 13.2 Å². The van der Waals surface area contributed by atoms with Crippen LogP contribution >= 0.6 is 0 Å². The van der Waals surface area contributed by atoms with Gasteiger partial charge in [0.15, 0.2) is 0 Å². The number of ether oxygens (including phenoxy) is 2. The van der Waals surface area contributed by atoms with Crippen LogP contribution in [0.5, 0.6) is 0 Å². The van der Waals surface area contributed by atoms with Crippen LogP contribution in [0.1, 0.15) is 45.4 Å². The lowest BCUT2D eigenvalue weighted by Crippen LogP contribution is -2.56. The summed E-state index contributed by atoms with van der Waals surface area (Å²) in [6.45, 7) is 10.4. The number of unbranched alkanes of at least 4 members (excludes halogenated alkanes) is 2. The number of aliphatic hydroxyl groups is 1. The van der Waals surface area contributed by atoms with Gasteiger partial charge in [-0.2, -0.15) is 0 Å². The van der Waals surface area contributed by atoms with Crippen molar-refractivity contribution in [2.45, 2.75) is 63.2 Å². The number of carbonyl (C=O) groups is 3. The molecule has 8 heteroatoms. The van der Waals surface area contributed by atoms with E-state index in [0.29, 0.717) is 32.4 Å². The molecule has 2 amide bonds. The molecule has 0 aromatic heterocycles. The average molecular weight is 449 g/mol. The second-order valence-electron chi connectivity index (χ2n) is 8.84. The van der Waals surface area contributed by atoms with E-state index >= 15 is 0 Å². The highest BCUT2D eigenvalue weighted by atomic mass is 16.6. The van der Waals surface area contributed by atoms with Crippen molar-refractivity contribution in [1.82, 2.24) is 9.80 Å². The van der Waals surface area contributed by atoms with Crippen LogP contribution in [0.25, 0.3) is 0 Å². The summed E-state index contributed by atoms with van der Waals surface area (Å²) in [4.78, 5) is 43.3. The van der Waals surface area contributed by atoms with E-state index in [9.17, 15) is 19.5 Å². The van der Waals surface area contributed by atoms with Gasteiger partial charge >= 0.3 is 5.97 Å². The molecule has 8 nitrogen and oxygen atoms in total. The number of carbonyl (C=O) groups excluding carboxylic acids is 3. The Hall–Kier alpha value is -2.19. The van der Waals surface area contributed by atoms with Gasteiger partial charge in [0.2, 0.25) is 11.8 Å². The molecular formula is C24H36N2O6. The molecule has 178 valence electrons. The van der Waals surface area contributed by atoms with Gasteiger partial charge in [-0.25, -0.2) is 0 Å². The van der Waals surface area contributed by atoms with E-state index in [1.807, 2.05) is 0 Å². The monoisotopic (exact) mass is 448 g/mol. The molecular weight excluding hydrogens is 412 g/mol. The van der Waals surface area contributed by atoms with Gasteiger partial charge in [-0.05, 0) is 25.7 Å². The van der Waals surface area contributed by atoms with Crippen LogP contribution in [0.15, 0.2) is 25.3 Å². The highest BCUT2D eigenvalue weighted by molar-refractivity contribution is 5.98. The Labute approximate surface area is 190 Å².